The van der Waals surface area contributed by atoms with Gasteiger partial charge in [-0.1, -0.05) is 0 Å². The molecule has 0 bridgehead atoms. The molecular weight excluding hydrogens is 242 g/mol. The number of hydrogen-bond acceptors (Lipinski definition) is 4. The summed E-state index contributed by atoms with van der Waals surface area (Å²) in [4.78, 5) is 24.2. The van der Waals surface area contributed by atoms with E-state index in [9.17, 15) is 9.59 Å². The van der Waals surface area contributed by atoms with Gasteiger partial charge in [0.1, 0.15) is 12.2 Å². The van der Waals surface area contributed by atoms with Gasteiger partial charge in [-0.15, -0.1) is 0 Å². The maximum Gasteiger partial charge on any atom is 0.325 e. The van der Waals surface area contributed by atoms with Gasteiger partial charge in [-0.25, -0.2) is 0 Å². The van der Waals surface area contributed by atoms with Crippen LogP contribution in [0.25, 0.3) is 0 Å². The molecule has 6 nitrogen and oxygen atoms in total. The highest BCUT2D eigenvalue weighted by molar-refractivity contribution is 7.99. The number of aliphatic carboxylic acids is 1. The Hall–Kier alpha value is -1.50. The number of thioether (sulfide) groups is 1. The van der Waals surface area contributed by atoms with Gasteiger partial charge < -0.3 is 10.0 Å². The molecule has 2 heterocycles. The monoisotopic (exact) mass is 255 g/mol. The lowest BCUT2D eigenvalue weighted by molar-refractivity contribution is -0.137. The lowest BCUT2D eigenvalue weighted by Gasteiger charge is -2.25. The lowest BCUT2D eigenvalue weighted by Crippen LogP contribution is -2.38. The van der Waals surface area contributed by atoms with Gasteiger partial charge in [0.05, 0.1) is 0 Å². The summed E-state index contributed by atoms with van der Waals surface area (Å²) in [5.41, 5.74) is 0.318. The molecule has 1 aliphatic rings. The Balaban J connectivity index is 2.03. The van der Waals surface area contributed by atoms with Crippen molar-refractivity contribution in [3.8, 4) is 0 Å². The molecule has 0 spiro atoms. The van der Waals surface area contributed by atoms with E-state index in [1.807, 2.05) is 11.8 Å². The number of aromatic nitrogens is 2. The highest BCUT2D eigenvalue weighted by Gasteiger charge is 2.20. The van der Waals surface area contributed by atoms with Crippen LogP contribution in [-0.2, 0) is 11.3 Å². The molecule has 17 heavy (non-hydrogen) atoms. The lowest BCUT2D eigenvalue weighted by atomic mass is 10.3. The van der Waals surface area contributed by atoms with Crippen molar-refractivity contribution in [1.29, 1.82) is 0 Å². The number of rotatable bonds is 3. The summed E-state index contributed by atoms with van der Waals surface area (Å²) in [6, 6.07) is 1.56. The fourth-order valence-electron chi connectivity index (χ4n) is 1.63. The third kappa shape index (κ3) is 3.00. The van der Waals surface area contributed by atoms with Crippen LogP contribution in [0.1, 0.15) is 10.5 Å². The molecule has 1 aromatic heterocycles. The van der Waals surface area contributed by atoms with E-state index in [4.69, 9.17) is 5.11 Å². The molecule has 0 radical (unpaired) electrons. The molecule has 0 atom stereocenters. The zero-order valence-electron chi connectivity index (χ0n) is 9.20. The van der Waals surface area contributed by atoms with Crippen LogP contribution in [0.15, 0.2) is 12.3 Å². The van der Waals surface area contributed by atoms with Gasteiger partial charge in [-0.2, -0.15) is 16.9 Å². The summed E-state index contributed by atoms with van der Waals surface area (Å²) >= 11 is 1.83. The van der Waals surface area contributed by atoms with Crippen molar-refractivity contribution in [3.63, 3.8) is 0 Å². The molecule has 7 heteroatoms. The van der Waals surface area contributed by atoms with Gasteiger partial charge in [0.2, 0.25) is 0 Å². The van der Waals surface area contributed by atoms with E-state index in [0.29, 0.717) is 5.69 Å². The molecule has 2 rings (SSSR count). The minimum Gasteiger partial charge on any atom is -0.480 e. The number of carbonyl (C=O) groups is 2. The molecule has 92 valence electrons. The van der Waals surface area contributed by atoms with E-state index in [0.717, 1.165) is 24.6 Å². The topological polar surface area (TPSA) is 75.4 Å². The predicted molar refractivity (Wildman–Crippen MR) is 63.1 cm³/mol. The normalized spacial score (nSPS) is 15.9. The number of carbonyl (C=O) groups excluding carboxylic acids is 1. The highest BCUT2D eigenvalue weighted by Crippen LogP contribution is 2.12. The molecule has 0 unspecified atom stereocenters. The summed E-state index contributed by atoms with van der Waals surface area (Å²) < 4.78 is 1.26. The van der Waals surface area contributed by atoms with Crippen molar-refractivity contribution in [2.24, 2.45) is 0 Å². The Morgan fingerprint density at radius 1 is 1.41 bits per heavy atom. The first kappa shape index (κ1) is 12.0. The molecular formula is C10H13N3O3S. The van der Waals surface area contributed by atoms with Gasteiger partial charge in [0.25, 0.3) is 5.91 Å². The standard InChI is InChI=1S/C10H13N3O3S/c14-9(15)7-13-2-1-8(11-13)10(16)12-3-5-17-6-4-12/h1-2H,3-7H2,(H,14,15). The second kappa shape index (κ2) is 5.22. The Morgan fingerprint density at radius 2 is 2.12 bits per heavy atom. The molecule has 0 aliphatic carbocycles. The highest BCUT2D eigenvalue weighted by atomic mass is 32.2. The maximum atomic E-state index is 12.0. The van der Waals surface area contributed by atoms with Crippen molar-refractivity contribution in [2.75, 3.05) is 24.6 Å². The number of hydrogen-bond donors (Lipinski definition) is 1. The molecule has 0 saturated carbocycles. The fraction of sp³-hybridized carbons (Fsp3) is 0.500. The molecule has 1 saturated heterocycles. The van der Waals surface area contributed by atoms with Crippen LogP contribution in [-0.4, -0.2) is 56.3 Å². The van der Waals surface area contributed by atoms with Gasteiger partial charge in [0, 0.05) is 30.8 Å². The fourth-order valence-corrected chi connectivity index (χ4v) is 2.53. The number of nitrogens with zero attached hydrogens (tertiary/aromatic N) is 3. The van der Waals surface area contributed by atoms with Crippen LogP contribution in [0, 0.1) is 0 Å². The van der Waals surface area contributed by atoms with E-state index < -0.39 is 5.97 Å². The Kier molecular flexibility index (Phi) is 3.68. The third-order valence-electron chi connectivity index (χ3n) is 2.46. The van der Waals surface area contributed by atoms with Crippen molar-refractivity contribution >= 4 is 23.6 Å². The number of carboxylic acids is 1. The average Bonchev–Trinajstić information content (AvgIpc) is 2.77. The SMILES string of the molecule is O=C(O)Cn1ccc(C(=O)N2CCSCC2)n1. The van der Waals surface area contributed by atoms with Gasteiger partial charge in [-0.3, -0.25) is 14.3 Å². The first-order valence-corrected chi connectivity index (χ1v) is 6.44. The van der Waals surface area contributed by atoms with Crippen molar-refractivity contribution < 1.29 is 14.7 Å². The quantitative estimate of drug-likeness (QED) is 0.832. The van der Waals surface area contributed by atoms with Crippen molar-refractivity contribution in [2.45, 2.75) is 6.54 Å². The van der Waals surface area contributed by atoms with Crippen LogP contribution in [0.5, 0.6) is 0 Å². The minimum atomic E-state index is -0.971. The van der Waals surface area contributed by atoms with E-state index in [-0.39, 0.29) is 12.5 Å². The molecule has 0 aromatic carbocycles. The Labute approximate surface area is 103 Å². The van der Waals surface area contributed by atoms with Crippen LogP contribution < -0.4 is 0 Å². The zero-order valence-corrected chi connectivity index (χ0v) is 10.0. The molecule has 1 amide bonds. The van der Waals surface area contributed by atoms with Crippen molar-refractivity contribution in [1.82, 2.24) is 14.7 Å². The second-order valence-electron chi connectivity index (χ2n) is 3.70. The van der Waals surface area contributed by atoms with E-state index in [2.05, 4.69) is 5.10 Å². The van der Waals surface area contributed by atoms with Crippen molar-refractivity contribution in [3.05, 3.63) is 18.0 Å². The summed E-state index contributed by atoms with van der Waals surface area (Å²) in [5, 5.41) is 12.6. The maximum absolute atomic E-state index is 12.0. The first-order chi connectivity index (χ1) is 8.16. The smallest absolute Gasteiger partial charge is 0.325 e. The molecule has 1 aliphatic heterocycles. The summed E-state index contributed by atoms with van der Waals surface area (Å²) in [7, 11) is 0. The minimum absolute atomic E-state index is 0.116. The second-order valence-corrected chi connectivity index (χ2v) is 4.92. The Bertz CT molecular complexity index is 426. The summed E-state index contributed by atoms with van der Waals surface area (Å²) in [6.07, 6.45) is 1.51. The molecule has 1 fully saturated rings. The van der Waals surface area contributed by atoms with Gasteiger partial charge >= 0.3 is 5.97 Å². The predicted octanol–water partition coefficient (Wildman–Crippen LogP) is 0.157. The van der Waals surface area contributed by atoms with Crippen LogP contribution in [0.4, 0.5) is 0 Å². The third-order valence-corrected chi connectivity index (χ3v) is 3.40. The van der Waals surface area contributed by atoms with Gasteiger partial charge in [-0.05, 0) is 6.07 Å². The van der Waals surface area contributed by atoms with Crippen LogP contribution >= 0.6 is 11.8 Å². The first-order valence-electron chi connectivity index (χ1n) is 5.29. The molecule has 1 aromatic rings. The molecule has 1 N–H and O–H groups in total. The van der Waals surface area contributed by atoms with E-state index >= 15 is 0 Å². The van der Waals surface area contributed by atoms with Gasteiger partial charge in [0.15, 0.2) is 0 Å². The number of amides is 1. The van der Waals surface area contributed by atoms with Crippen LogP contribution in [0.3, 0.4) is 0 Å². The Morgan fingerprint density at radius 3 is 2.76 bits per heavy atom. The zero-order chi connectivity index (χ0) is 12.3. The van der Waals surface area contributed by atoms with E-state index in [1.54, 1.807) is 11.0 Å². The summed E-state index contributed by atoms with van der Waals surface area (Å²) in [6.45, 7) is 1.24. The number of carboxylic acid groups (broad SMARTS) is 1. The largest absolute Gasteiger partial charge is 0.480 e. The van der Waals surface area contributed by atoms with Crippen LogP contribution in [0.2, 0.25) is 0 Å². The van der Waals surface area contributed by atoms with E-state index in [1.165, 1.54) is 10.9 Å². The summed E-state index contributed by atoms with van der Waals surface area (Å²) in [5.74, 6) is 0.805. The average molecular weight is 255 g/mol.